The standard InChI is InChI=1S/C11H16N2/c1-9-2-5-13-8-11(9)10-3-6-12-7-4-10/h2,5,8,10,12H,3-4,6-7H2,1H3. The highest BCUT2D eigenvalue weighted by Gasteiger charge is 2.16. The van der Waals surface area contributed by atoms with Gasteiger partial charge in [0.15, 0.2) is 0 Å². The molecular weight excluding hydrogens is 160 g/mol. The molecule has 1 aliphatic heterocycles. The first kappa shape index (κ1) is 8.70. The van der Waals surface area contributed by atoms with Crippen LogP contribution in [-0.2, 0) is 0 Å². The number of nitrogens with zero attached hydrogens (tertiary/aromatic N) is 1. The Hall–Kier alpha value is -0.890. The van der Waals surface area contributed by atoms with Gasteiger partial charge >= 0.3 is 0 Å². The number of rotatable bonds is 1. The molecule has 2 heteroatoms. The van der Waals surface area contributed by atoms with Crippen LogP contribution in [0.2, 0.25) is 0 Å². The van der Waals surface area contributed by atoms with Gasteiger partial charge in [-0.1, -0.05) is 0 Å². The zero-order chi connectivity index (χ0) is 9.10. The van der Waals surface area contributed by atoms with E-state index in [2.05, 4.69) is 23.3 Å². The number of hydrogen-bond donors (Lipinski definition) is 1. The average molecular weight is 176 g/mol. The molecule has 1 N–H and O–H groups in total. The summed E-state index contributed by atoms with van der Waals surface area (Å²) in [6.45, 7) is 4.48. The van der Waals surface area contributed by atoms with Crippen LogP contribution in [0.15, 0.2) is 18.5 Å². The summed E-state index contributed by atoms with van der Waals surface area (Å²) in [6.07, 6.45) is 6.42. The Bertz CT molecular complexity index is 277. The van der Waals surface area contributed by atoms with E-state index in [1.54, 1.807) is 0 Å². The molecule has 0 atom stereocenters. The van der Waals surface area contributed by atoms with E-state index in [0.717, 1.165) is 19.0 Å². The molecule has 1 fully saturated rings. The van der Waals surface area contributed by atoms with Crippen molar-refractivity contribution in [2.75, 3.05) is 13.1 Å². The summed E-state index contributed by atoms with van der Waals surface area (Å²) in [5, 5.41) is 3.38. The predicted molar refractivity (Wildman–Crippen MR) is 53.8 cm³/mol. The van der Waals surface area contributed by atoms with Gasteiger partial charge in [-0.15, -0.1) is 0 Å². The lowest BCUT2D eigenvalue weighted by molar-refractivity contribution is 0.458. The average Bonchev–Trinajstić information content (AvgIpc) is 2.20. The molecule has 0 aromatic carbocycles. The first-order chi connectivity index (χ1) is 6.38. The van der Waals surface area contributed by atoms with Gasteiger partial charge in [0.25, 0.3) is 0 Å². The summed E-state index contributed by atoms with van der Waals surface area (Å²) in [6, 6.07) is 2.11. The maximum absolute atomic E-state index is 4.20. The van der Waals surface area contributed by atoms with Crippen LogP contribution in [0.1, 0.15) is 29.9 Å². The Morgan fingerprint density at radius 1 is 1.38 bits per heavy atom. The normalized spacial score (nSPS) is 18.8. The third-order valence-electron chi connectivity index (χ3n) is 2.86. The van der Waals surface area contributed by atoms with Gasteiger partial charge in [-0.2, -0.15) is 0 Å². The van der Waals surface area contributed by atoms with E-state index in [4.69, 9.17) is 0 Å². The molecule has 1 aliphatic rings. The quantitative estimate of drug-likeness (QED) is 0.706. The number of hydrogen-bond acceptors (Lipinski definition) is 2. The van der Waals surface area contributed by atoms with Gasteiger partial charge in [-0.05, 0) is 56.0 Å². The highest BCUT2D eigenvalue weighted by Crippen LogP contribution is 2.26. The summed E-state index contributed by atoms with van der Waals surface area (Å²) in [5.41, 5.74) is 2.84. The summed E-state index contributed by atoms with van der Waals surface area (Å²) >= 11 is 0. The molecule has 2 nitrogen and oxygen atoms in total. The van der Waals surface area contributed by atoms with Gasteiger partial charge in [-0.3, -0.25) is 4.98 Å². The molecule has 0 unspecified atom stereocenters. The van der Waals surface area contributed by atoms with E-state index in [1.807, 2.05) is 12.4 Å². The number of nitrogens with one attached hydrogen (secondary N) is 1. The molecule has 13 heavy (non-hydrogen) atoms. The number of pyridine rings is 1. The first-order valence-corrected chi connectivity index (χ1v) is 4.99. The van der Waals surface area contributed by atoms with Crippen molar-refractivity contribution in [2.45, 2.75) is 25.7 Å². The second kappa shape index (κ2) is 3.88. The fourth-order valence-corrected chi connectivity index (χ4v) is 2.04. The van der Waals surface area contributed by atoms with Gasteiger partial charge in [-0.25, -0.2) is 0 Å². The van der Waals surface area contributed by atoms with Gasteiger partial charge in [0.2, 0.25) is 0 Å². The molecule has 1 aromatic heterocycles. The fraction of sp³-hybridized carbons (Fsp3) is 0.545. The number of aromatic nitrogens is 1. The van der Waals surface area contributed by atoms with Crippen molar-refractivity contribution in [2.24, 2.45) is 0 Å². The van der Waals surface area contributed by atoms with Crippen molar-refractivity contribution in [1.82, 2.24) is 10.3 Å². The van der Waals surface area contributed by atoms with Crippen molar-refractivity contribution >= 4 is 0 Å². The molecule has 0 spiro atoms. The summed E-state index contributed by atoms with van der Waals surface area (Å²) in [5.74, 6) is 0.731. The van der Waals surface area contributed by atoms with Crippen LogP contribution >= 0.6 is 0 Å². The van der Waals surface area contributed by atoms with E-state index < -0.39 is 0 Å². The van der Waals surface area contributed by atoms with Crippen LogP contribution in [0.5, 0.6) is 0 Å². The number of aryl methyl sites for hydroxylation is 1. The highest BCUT2D eigenvalue weighted by atomic mass is 14.9. The molecule has 70 valence electrons. The summed E-state index contributed by atoms with van der Waals surface area (Å²) in [4.78, 5) is 4.20. The van der Waals surface area contributed by atoms with Crippen molar-refractivity contribution in [3.63, 3.8) is 0 Å². The maximum atomic E-state index is 4.20. The highest BCUT2D eigenvalue weighted by molar-refractivity contribution is 5.25. The molecule has 0 aliphatic carbocycles. The van der Waals surface area contributed by atoms with Gasteiger partial charge in [0.05, 0.1) is 0 Å². The van der Waals surface area contributed by atoms with Crippen molar-refractivity contribution in [1.29, 1.82) is 0 Å². The second-order valence-corrected chi connectivity index (χ2v) is 3.76. The van der Waals surface area contributed by atoms with Crippen molar-refractivity contribution in [3.05, 3.63) is 29.6 Å². The molecule has 0 radical (unpaired) electrons. The van der Waals surface area contributed by atoms with Gasteiger partial charge < -0.3 is 5.32 Å². The van der Waals surface area contributed by atoms with Crippen molar-refractivity contribution in [3.8, 4) is 0 Å². The minimum Gasteiger partial charge on any atom is -0.317 e. The Morgan fingerprint density at radius 3 is 2.85 bits per heavy atom. The molecule has 1 aromatic rings. The molecule has 0 amide bonds. The molecule has 1 saturated heterocycles. The Labute approximate surface area is 79.4 Å². The maximum Gasteiger partial charge on any atom is 0.0305 e. The number of piperidine rings is 1. The molecular formula is C11H16N2. The van der Waals surface area contributed by atoms with E-state index in [9.17, 15) is 0 Å². The molecule has 0 bridgehead atoms. The van der Waals surface area contributed by atoms with E-state index in [1.165, 1.54) is 24.0 Å². The van der Waals surface area contributed by atoms with Crippen LogP contribution in [0, 0.1) is 6.92 Å². The zero-order valence-electron chi connectivity index (χ0n) is 8.09. The SMILES string of the molecule is Cc1ccncc1C1CCNCC1. The van der Waals surface area contributed by atoms with Crippen LogP contribution in [-0.4, -0.2) is 18.1 Å². The first-order valence-electron chi connectivity index (χ1n) is 4.99. The smallest absolute Gasteiger partial charge is 0.0305 e. The Balaban J connectivity index is 2.18. The lowest BCUT2D eigenvalue weighted by Gasteiger charge is -2.23. The Kier molecular flexibility index (Phi) is 2.60. The minimum absolute atomic E-state index is 0.731. The third-order valence-corrected chi connectivity index (χ3v) is 2.86. The minimum atomic E-state index is 0.731. The van der Waals surface area contributed by atoms with E-state index in [-0.39, 0.29) is 0 Å². The van der Waals surface area contributed by atoms with Crippen LogP contribution in [0.4, 0.5) is 0 Å². The van der Waals surface area contributed by atoms with Crippen LogP contribution in [0.3, 0.4) is 0 Å². The molecule has 2 rings (SSSR count). The molecule has 0 saturated carbocycles. The lowest BCUT2D eigenvalue weighted by Crippen LogP contribution is -2.27. The topological polar surface area (TPSA) is 24.9 Å². The largest absolute Gasteiger partial charge is 0.317 e. The third kappa shape index (κ3) is 1.89. The predicted octanol–water partition coefficient (Wildman–Crippen LogP) is 1.86. The molecule has 2 heterocycles. The Morgan fingerprint density at radius 2 is 2.15 bits per heavy atom. The monoisotopic (exact) mass is 176 g/mol. The fourth-order valence-electron chi connectivity index (χ4n) is 2.04. The summed E-state index contributed by atoms with van der Waals surface area (Å²) in [7, 11) is 0. The van der Waals surface area contributed by atoms with E-state index in [0.29, 0.717) is 0 Å². The lowest BCUT2D eigenvalue weighted by atomic mass is 9.89. The van der Waals surface area contributed by atoms with Gasteiger partial charge in [0.1, 0.15) is 0 Å². The van der Waals surface area contributed by atoms with Crippen LogP contribution < -0.4 is 5.32 Å². The van der Waals surface area contributed by atoms with Gasteiger partial charge in [0, 0.05) is 12.4 Å². The van der Waals surface area contributed by atoms with Crippen LogP contribution in [0.25, 0.3) is 0 Å². The second-order valence-electron chi connectivity index (χ2n) is 3.76. The summed E-state index contributed by atoms with van der Waals surface area (Å²) < 4.78 is 0. The van der Waals surface area contributed by atoms with Crippen molar-refractivity contribution < 1.29 is 0 Å². The zero-order valence-corrected chi connectivity index (χ0v) is 8.09. The van der Waals surface area contributed by atoms with E-state index >= 15 is 0 Å².